The summed E-state index contributed by atoms with van der Waals surface area (Å²) in [4.78, 5) is 16.9. The zero-order valence-corrected chi connectivity index (χ0v) is 17.0. The van der Waals surface area contributed by atoms with Gasteiger partial charge in [-0.05, 0) is 55.0 Å². The standard InChI is InChI=1S/C23H21N3O2S/c1-15-7-12-19-21(13-15)29-22(26-19)16-8-10-18(11-9-16)25-23(27)24-14-17-5-3-4-6-20(17)28-2/h3-13H,14H2,1-2H3,(H2,24,25,27). The minimum atomic E-state index is -0.265. The SMILES string of the molecule is COc1ccccc1CNC(=O)Nc1ccc(-c2nc3ccc(C)cc3s2)cc1. The number of hydrogen-bond donors (Lipinski definition) is 2. The molecule has 5 nitrogen and oxygen atoms in total. The molecule has 0 bridgehead atoms. The lowest BCUT2D eigenvalue weighted by Gasteiger charge is -2.10. The molecular formula is C23H21N3O2S. The van der Waals surface area contributed by atoms with E-state index in [1.807, 2.05) is 54.6 Å². The van der Waals surface area contributed by atoms with Crippen molar-refractivity contribution in [3.63, 3.8) is 0 Å². The van der Waals surface area contributed by atoms with Crippen LogP contribution in [-0.4, -0.2) is 18.1 Å². The Hall–Kier alpha value is -3.38. The van der Waals surface area contributed by atoms with E-state index in [1.165, 1.54) is 10.3 Å². The maximum Gasteiger partial charge on any atom is 0.319 e. The lowest BCUT2D eigenvalue weighted by molar-refractivity contribution is 0.251. The first-order valence-corrected chi connectivity index (χ1v) is 10.1. The molecular weight excluding hydrogens is 382 g/mol. The number of methoxy groups -OCH3 is 1. The first-order valence-electron chi connectivity index (χ1n) is 9.27. The Morgan fingerprint density at radius 2 is 1.86 bits per heavy atom. The molecule has 1 aromatic heterocycles. The van der Waals surface area contributed by atoms with Crippen molar-refractivity contribution in [3.05, 3.63) is 77.9 Å². The number of thiazole rings is 1. The Morgan fingerprint density at radius 3 is 2.66 bits per heavy atom. The summed E-state index contributed by atoms with van der Waals surface area (Å²) in [5.41, 5.74) is 4.92. The number of aromatic nitrogens is 1. The number of aryl methyl sites for hydroxylation is 1. The number of anilines is 1. The molecule has 2 N–H and O–H groups in total. The van der Waals surface area contributed by atoms with Crippen LogP contribution in [0.1, 0.15) is 11.1 Å². The van der Waals surface area contributed by atoms with Crippen LogP contribution >= 0.6 is 11.3 Å². The van der Waals surface area contributed by atoms with E-state index in [4.69, 9.17) is 9.72 Å². The lowest BCUT2D eigenvalue weighted by Crippen LogP contribution is -2.28. The van der Waals surface area contributed by atoms with Crippen LogP contribution in [0.15, 0.2) is 66.7 Å². The molecule has 0 aliphatic carbocycles. The lowest BCUT2D eigenvalue weighted by atomic mass is 10.2. The van der Waals surface area contributed by atoms with Crippen molar-refractivity contribution in [2.45, 2.75) is 13.5 Å². The van der Waals surface area contributed by atoms with Crippen LogP contribution in [0.2, 0.25) is 0 Å². The summed E-state index contributed by atoms with van der Waals surface area (Å²) >= 11 is 1.67. The molecule has 4 aromatic rings. The summed E-state index contributed by atoms with van der Waals surface area (Å²) in [6, 6.07) is 21.3. The van der Waals surface area contributed by atoms with Gasteiger partial charge in [-0.1, -0.05) is 24.3 Å². The third-order valence-electron chi connectivity index (χ3n) is 4.57. The van der Waals surface area contributed by atoms with Gasteiger partial charge in [-0.3, -0.25) is 0 Å². The average molecular weight is 404 g/mol. The molecule has 29 heavy (non-hydrogen) atoms. The molecule has 0 aliphatic rings. The van der Waals surface area contributed by atoms with Gasteiger partial charge in [0.1, 0.15) is 10.8 Å². The van der Waals surface area contributed by atoms with Gasteiger partial charge in [0, 0.05) is 23.4 Å². The van der Waals surface area contributed by atoms with Crippen molar-refractivity contribution >= 4 is 33.3 Å². The predicted octanol–water partition coefficient (Wildman–Crippen LogP) is 5.60. The molecule has 0 radical (unpaired) electrons. The number of benzene rings is 3. The third kappa shape index (κ3) is 4.38. The molecule has 0 unspecified atom stereocenters. The fraction of sp³-hybridized carbons (Fsp3) is 0.130. The highest BCUT2D eigenvalue weighted by Crippen LogP contribution is 2.31. The summed E-state index contributed by atoms with van der Waals surface area (Å²) in [5.74, 6) is 0.753. The van der Waals surface area contributed by atoms with E-state index in [-0.39, 0.29) is 6.03 Å². The molecule has 6 heteroatoms. The Morgan fingerprint density at radius 1 is 1.07 bits per heavy atom. The molecule has 0 atom stereocenters. The fourth-order valence-corrected chi connectivity index (χ4v) is 4.12. The van der Waals surface area contributed by atoms with Gasteiger partial charge in [0.15, 0.2) is 0 Å². The summed E-state index contributed by atoms with van der Waals surface area (Å²) in [6.45, 7) is 2.47. The zero-order chi connectivity index (χ0) is 20.2. The minimum absolute atomic E-state index is 0.265. The van der Waals surface area contributed by atoms with Crippen molar-refractivity contribution in [3.8, 4) is 16.3 Å². The summed E-state index contributed by atoms with van der Waals surface area (Å²) in [7, 11) is 1.62. The van der Waals surface area contributed by atoms with E-state index in [2.05, 4.69) is 29.7 Å². The third-order valence-corrected chi connectivity index (χ3v) is 5.63. The number of fused-ring (bicyclic) bond motifs is 1. The topological polar surface area (TPSA) is 63.2 Å². The smallest absolute Gasteiger partial charge is 0.319 e. The molecule has 0 saturated heterocycles. The van der Waals surface area contributed by atoms with Gasteiger partial charge in [-0.2, -0.15) is 0 Å². The Bertz CT molecular complexity index is 1150. The van der Waals surface area contributed by atoms with Crippen LogP contribution in [0, 0.1) is 6.92 Å². The molecule has 4 rings (SSSR count). The maximum atomic E-state index is 12.2. The zero-order valence-electron chi connectivity index (χ0n) is 16.2. The van der Waals surface area contributed by atoms with Gasteiger partial charge < -0.3 is 15.4 Å². The van der Waals surface area contributed by atoms with E-state index in [0.717, 1.165) is 33.1 Å². The number of amides is 2. The van der Waals surface area contributed by atoms with E-state index < -0.39 is 0 Å². The highest BCUT2D eigenvalue weighted by molar-refractivity contribution is 7.21. The van der Waals surface area contributed by atoms with Crippen molar-refractivity contribution < 1.29 is 9.53 Å². The van der Waals surface area contributed by atoms with Crippen LogP contribution in [0.4, 0.5) is 10.5 Å². The number of ether oxygens (including phenoxy) is 1. The van der Waals surface area contributed by atoms with E-state index in [9.17, 15) is 4.79 Å². The molecule has 1 heterocycles. The number of carbonyl (C=O) groups is 1. The minimum Gasteiger partial charge on any atom is -0.496 e. The van der Waals surface area contributed by atoms with Crippen LogP contribution in [-0.2, 0) is 6.54 Å². The Balaban J connectivity index is 1.40. The van der Waals surface area contributed by atoms with Gasteiger partial charge in [-0.15, -0.1) is 11.3 Å². The number of urea groups is 1. The molecule has 0 saturated carbocycles. The highest BCUT2D eigenvalue weighted by Gasteiger charge is 2.08. The summed E-state index contributed by atoms with van der Waals surface area (Å²) < 4.78 is 6.48. The van der Waals surface area contributed by atoms with Gasteiger partial charge in [0.05, 0.1) is 17.3 Å². The molecule has 2 amide bonds. The van der Waals surface area contributed by atoms with Gasteiger partial charge >= 0.3 is 6.03 Å². The average Bonchev–Trinajstić information content (AvgIpc) is 3.16. The van der Waals surface area contributed by atoms with Gasteiger partial charge in [0.2, 0.25) is 0 Å². The molecule has 0 fully saturated rings. The summed E-state index contributed by atoms with van der Waals surface area (Å²) in [5, 5.41) is 6.68. The van der Waals surface area contributed by atoms with Crippen molar-refractivity contribution in [2.75, 3.05) is 12.4 Å². The van der Waals surface area contributed by atoms with Gasteiger partial charge in [0.25, 0.3) is 0 Å². The van der Waals surface area contributed by atoms with Crippen LogP contribution in [0.3, 0.4) is 0 Å². The second-order valence-corrected chi connectivity index (χ2v) is 7.72. The monoisotopic (exact) mass is 403 g/mol. The van der Waals surface area contributed by atoms with Crippen molar-refractivity contribution in [1.29, 1.82) is 0 Å². The molecule has 146 valence electrons. The van der Waals surface area contributed by atoms with E-state index >= 15 is 0 Å². The summed E-state index contributed by atoms with van der Waals surface area (Å²) in [6.07, 6.45) is 0. The number of rotatable bonds is 5. The first kappa shape index (κ1) is 19.0. The highest BCUT2D eigenvalue weighted by atomic mass is 32.1. The van der Waals surface area contributed by atoms with Crippen LogP contribution in [0.5, 0.6) is 5.75 Å². The van der Waals surface area contributed by atoms with E-state index in [0.29, 0.717) is 6.54 Å². The quantitative estimate of drug-likeness (QED) is 0.456. The predicted molar refractivity (Wildman–Crippen MR) is 119 cm³/mol. The van der Waals surface area contributed by atoms with Crippen molar-refractivity contribution in [1.82, 2.24) is 10.3 Å². The molecule has 0 aliphatic heterocycles. The number of carbonyl (C=O) groups excluding carboxylic acids is 1. The van der Waals surface area contributed by atoms with Crippen molar-refractivity contribution in [2.24, 2.45) is 0 Å². The van der Waals surface area contributed by atoms with Gasteiger partial charge in [-0.25, -0.2) is 9.78 Å². The number of nitrogens with zero attached hydrogens (tertiary/aromatic N) is 1. The first-order chi connectivity index (χ1) is 14.1. The Kier molecular flexibility index (Phi) is 5.44. The Labute approximate surface area is 173 Å². The van der Waals surface area contributed by atoms with E-state index in [1.54, 1.807) is 18.4 Å². The number of para-hydroxylation sites is 1. The normalized spacial score (nSPS) is 10.7. The fourth-order valence-electron chi connectivity index (χ4n) is 3.05. The number of hydrogen-bond acceptors (Lipinski definition) is 4. The molecule has 0 spiro atoms. The maximum absolute atomic E-state index is 12.2. The largest absolute Gasteiger partial charge is 0.496 e. The van der Waals surface area contributed by atoms with Crippen LogP contribution < -0.4 is 15.4 Å². The van der Waals surface area contributed by atoms with Crippen LogP contribution in [0.25, 0.3) is 20.8 Å². The second kappa shape index (κ2) is 8.32. The second-order valence-electron chi connectivity index (χ2n) is 6.69. The molecule has 3 aromatic carbocycles. The number of nitrogens with one attached hydrogen (secondary N) is 2.